The van der Waals surface area contributed by atoms with Crippen LogP contribution in [0.15, 0.2) is 22.7 Å². The van der Waals surface area contributed by atoms with Gasteiger partial charge in [-0.3, -0.25) is 4.79 Å². The Hall–Kier alpha value is -0.580. The molecule has 0 aliphatic carbocycles. The molecule has 2 N–H and O–H groups in total. The van der Waals surface area contributed by atoms with Crippen molar-refractivity contribution in [2.24, 2.45) is 0 Å². The van der Waals surface area contributed by atoms with Crippen molar-refractivity contribution < 1.29 is 9.90 Å². The van der Waals surface area contributed by atoms with E-state index in [1.807, 2.05) is 0 Å². The fourth-order valence-electron chi connectivity index (χ4n) is 1.21. The minimum absolute atomic E-state index is 0.138. The zero-order valence-corrected chi connectivity index (χ0v) is 11.0. The number of benzene rings is 1. The molecule has 0 radical (unpaired) electrons. The fraction of sp³-hybridized carbons (Fsp3) is 0.364. The van der Waals surface area contributed by atoms with Crippen LogP contribution in [-0.4, -0.2) is 24.2 Å². The first-order valence-electron chi connectivity index (χ1n) is 4.99. The second-order valence-electron chi connectivity index (χ2n) is 3.31. The highest BCUT2D eigenvalue weighted by Gasteiger charge is 2.09. The normalized spacial score (nSPS) is 10.2. The van der Waals surface area contributed by atoms with Crippen LogP contribution in [-0.2, 0) is 0 Å². The van der Waals surface area contributed by atoms with Crippen molar-refractivity contribution in [3.8, 4) is 0 Å². The van der Waals surface area contributed by atoms with Crippen molar-refractivity contribution in [1.82, 2.24) is 5.32 Å². The first kappa shape index (κ1) is 13.5. The van der Waals surface area contributed by atoms with Gasteiger partial charge in [-0.2, -0.15) is 0 Å². The summed E-state index contributed by atoms with van der Waals surface area (Å²) >= 11 is 9.06. The minimum Gasteiger partial charge on any atom is -0.396 e. The SMILES string of the molecule is O=C(NCCCCO)c1ccc(Cl)cc1Br. The highest BCUT2D eigenvalue weighted by molar-refractivity contribution is 9.10. The molecule has 3 nitrogen and oxygen atoms in total. The third-order valence-electron chi connectivity index (χ3n) is 2.05. The number of aliphatic hydroxyl groups is 1. The van der Waals surface area contributed by atoms with E-state index in [1.165, 1.54) is 0 Å². The summed E-state index contributed by atoms with van der Waals surface area (Å²) in [5.74, 6) is -0.138. The zero-order chi connectivity index (χ0) is 12.0. The van der Waals surface area contributed by atoms with Crippen LogP contribution in [0.4, 0.5) is 0 Å². The van der Waals surface area contributed by atoms with Crippen molar-refractivity contribution in [2.45, 2.75) is 12.8 Å². The van der Waals surface area contributed by atoms with Crippen LogP contribution in [0.2, 0.25) is 5.02 Å². The lowest BCUT2D eigenvalue weighted by atomic mass is 10.2. The molecule has 0 atom stereocenters. The van der Waals surface area contributed by atoms with Gasteiger partial charge in [0.15, 0.2) is 0 Å². The Kier molecular flexibility index (Phi) is 5.80. The van der Waals surface area contributed by atoms with Crippen molar-refractivity contribution in [1.29, 1.82) is 0 Å². The van der Waals surface area contributed by atoms with E-state index in [-0.39, 0.29) is 12.5 Å². The summed E-state index contributed by atoms with van der Waals surface area (Å²) in [7, 11) is 0. The number of carbonyl (C=O) groups is 1. The molecule has 1 amide bonds. The smallest absolute Gasteiger partial charge is 0.252 e. The number of carbonyl (C=O) groups excluding carboxylic acids is 1. The van der Waals surface area contributed by atoms with E-state index in [1.54, 1.807) is 18.2 Å². The Labute approximate surface area is 108 Å². The van der Waals surface area contributed by atoms with Gasteiger partial charge in [-0.05, 0) is 47.0 Å². The Morgan fingerprint density at radius 3 is 2.81 bits per heavy atom. The molecule has 1 aromatic rings. The van der Waals surface area contributed by atoms with Gasteiger partial charge in [-0.25, -0.2) is 0 Å². The highest BCUT2D eigenvalue weighted by atomic mass is 79.9. The second-order valence-corrected chi connectivity index (χ2v) is 4.60. The maximum Gasteiger partial charge on any atom is 0.252 e. The molecule has 0 saturated carbocycles. The Bertz CT molecular complexity index is 371. The van der Waals surface area contributed by atoms with Crippen molar-refractivity contribution in [3.63, 3.8) is 0 Å². The number of aliphatic hydroxyl groups excluding tert-OH is 1. The van der Waals surface area contributed by atoms with E-state index in [4.69, 9.17) is 16.7 Å². The molecule has 0 heterocycles. The standard InChI is InChI=1S/C11H13BrClNO2/c12-10-7-8(13)3-4-9(10)11(16)14-5-1-2-6-15/h3-4,7,15H,1-2,5-6H2,(H,14,16). The van der Waals surface area contributed by atoms with Gasteiger partial charge in [0.2, 0.25) is 0 Å². The molecule has 0 aliphatic rings. The minimum atomic E-state index is -0.138. The maximum atomic E-state index is 11.7. The number of rotatable bonds is 5. The molecular formula is C11H13BrClNO2. The lowest BCUT2D eigenvalue weighted by molar-refractivity contribution is 0.0951. The molecule has 1 rings (SSSR count). The van der Waals surface area contributed by atoms with Crippen LogP contribution in [0.25, 0.3) is 0 Å². The van der Waals surface area contributed by atoms with E-state index < -0.39 is 0 Å². The van der Waals surface area contributed by atoms with Crippen LogP contribution in [0.5, 0.6) is 0 Å². The summed E-state index contributed by atoms with van der Waals surface area (Å²) in [6.07, 6.45) is 1.47. The third kappa shape index (κ3) is 4.12. The first-order valence-corrected chi connectivity index (χ1v) is 6.16. The summed E-state index contributed by atoms with van der Waals surface area (Å²) in [4.78, 5) is 11.7. The molecular weight excluding hydrogens is 293 g/mol. The summed E-state index contributed by atoms with van der Waals surface area (Å²) in [6.45, 7) is 0.717. The van der Waals surface area contributed by atoms with Gasteiger partial charge < -0.3 is 10.4 Å². The van der Waals surface area contributed by atoms with Gasteiger partial charge in [-0.1, -0.05) is 11.6 Å². The molecule has 0 unspecified atom stereocenters. The summed E-state index contributed by atoms with van der Waals surface area (Å²) in [5, 5.41) is 11.9. The number of unbranched alkanes of at least 4 members (excludes halogenated alkanes) is 1. The summed E-state index contributed by atoms with van der Waals surface area (Å²) in [6, 6.07) is 5.03. The fourth-order valence-corrected chi connectivity index (χ4v) is 2.07. The molecule has 88 valence electrons. The van der Waals surface area contributed by atoms with Crippen molar-refractivity contribution >= 4 is 33.4 Å². The zero-order valence-electron chi connectivity index (χ0n) is 8.67. The molecule has 0 fully saturated rings. The Balaban J connectivity index is 2.53. The van der Waals surface area contributed by atoms with Gasteiger partial charge >= 0.3 is 0 Å². The molecule has 0 bridgehead atoms. The van der Waals surface area contributed by atoms with Gasteiger partial charge in [0.1, 0.15) is 0 Å². The summed E-state index contributed by atoms with van der Waals surface area (Å²) in [5.41, 5.74) is 0.563. The third-order valence-corrected chi connectivity index (χ3v) is 2.94. The van der Waals surface area contributed by atoms with Gasteiger partial charge in [-0.15, -0.1) is 0 Å². The maximum absolute atomic E-state index is 11.7. The molecule has 0 spiro atoms. The predicted octanol–water partition coefficient (Wildman–Crippen LogP) is 2.60. The van der Waals surface area contributed by atoms with E-state index in [9.17, 15) is 4.79 Å². The molecule has 0 aliphatic heterocycles. The second kappa shape index (κ2) is 6.89. The highest BCUT2D eigenvalue weighted by Crippen LogP contribution is 2.21. The van der Waals surface area contributed by atoms with Crippen LogP contribution >= 0.6 is 27.5 Å². The number of nitrogens with one attached hydrogen (secondary N) is 1. The van der Waals surface area contributed by atoms with Gasteiger partial charge in [0, 0.05) is 22.6 Å². The Morgan fingerprint density at radius 1 is 1.44 bits per heavy atom. The van der Waals surface area contributed by atoms with E-state index in [2.05, 4.69) is 21.2 Å². The van der Waals surface area contributed by atoms with Gasteiger partial charge in [0.05, 0.1) is 5.56 Å². The van der Waals surface area contributed by atoms with Crippen LogP contribution in [0, 0.1) is 0 Å². The number of amides is 1. The lowest BCUT2D eigenvalue weighted by Crippen LogP contribution is -2.24. The quantitative estimate of drug-likeness (QED) is 0.822. The predicted molar refractivity (Wildman–Crippen MR) is 67.8 cm³/mol. The number of halogens is 2. The average molecular weight is 307 g/mol. The Morgan fingerprint density at radius 2 is 2.19 bits per heavy atom. The van der Waals surface area contributed by atoms with E-state index >= 15 is 0 Å². The molecule has 0 saturated heterocycles. The number of hydrogen-bond donors (Lipinski definition) is 2. The average Bonchev–Trinajstić information content (AvgIpc) is 2.24. The first-order chi connectivity index (χ1) is 7.65. The topological polar surface area (TPSA) is 49.3 Å². The molecule has 16 heavy (non-hydrogen) atoms. The monoisotopic (exact) mass is 305 g/mol. The van der Waals surface area contributed by atoms with Crippen molar-refractivity contribution in [2.75, 3.05) is 13.2 Å². The van der Waals surface area contributed by atoms with E-state index in [0.717, 1.165) is 6.42 Å². The summed E-state index contributed by atoms with van der Waals surface area (Å²) < 4.78 is 0.680. The largest absolute Gasteiger partial charge is 0.396 e. The van der Waals surface area contributed by atoms with Crippen molar-refractivity contribution in [3.05, 3.63) is 33.3 Å². The van der Waals surface area contributed by atoms with Crippen LogP contribution in [0.1, 0.15) is 23.2 Å². The van der Waals surface area contributed by atoms with Gasteiger partial charge in [0.25, 0.3) is 5.91 Å². The molecule has 1 aromatic carbocycles. The van der Waals surface area contributed by atoms with E-state index in [0.29, 0.717) is 28.0 Å². The lowest BCUT2D eigenvalue weighted by Gasteiger charge is -2.06. The molecule has 5 heteroatoms. The van der Waals surface area contributed by atoms with Crippen LogP contribution in [0.3, 0.4) is 0 Å². The molecule has 0 aromatic heterocycles. The number of hydrogen-bond acceptors (Lipinski definition) is 2. The van der Waals surface area contributed by atoms with Crippen LogP contribution < -0.4 is 5.32 Å².